The molecule has 0 heterocycles. The maximum absolute atomic E-state index is 12.7. The van der Waals surface area contributed by atoms with Gasteiger partial charge in [0.25, 0.3) is 0 Å². The van der Waals surface area contributed by atoms with Gasteiger partial charge in [-0.2, -0.15) is 0 Å². The first-order valence-electron chi connectivity index (χ1n) is 23.0. The van der Waals surface area contributed by atoms with Crippen molar-refractivity contribution in [1.82, 2.24) is 0 Å². The molecule has 0 aliphatic heterocycles. The molecule has 0 rings (SSSR count). The van der Waals surface area contributed by atoms with E-state index >= 15 is 0 Å². The second kappa shape index (κ2) is 40.5. The normalized spacial score (nSPS) is 13.6. The van der Waals surface area contributed by atoms with Crippen molar-refractivity contribution in [1.29, 1.82) is 0 Å². The second-order valence-corrected chi connectivity index (χ2v) is 16.3. The summed E-state index contributed by atoms with van der Waals surface area (Å²) in [5.41, 5.74) is 0. The molecule has 8 nitrogen and oxygen atoms in total. The Morgan fingerprint density at radius 1 is 0.534 bits per heavy atom. The summed E-state index contributed by atoms with van der Waals surface area (Å²) in [7, 11) is 5.39. The number of carbonyl (C=O) groups excluding carboxylic acids is 3. The van der Waals surface area contributed by atoms with Gasteiger partial charge < -0.3 is 28.6 Å². The van der Waals surface area contributed by atoms with Crippen LogP contribution in [-0.4, -0.2) is 75.5 Å². The summed E-state index contributed by atoms with van der Waals surface area (Å²) in [6, 6.07) is -0.732. The van der Waals surface area contributed by atoms with Crippen molar-refractivity contribution in [2.45, 2.75) is 187 Å². The molecule has 0 aromatic heterocycles. The molecule has 0 radical (unpaired) electrons. The number of hydrogen-bond acceptors (Lipinski definition) is 7. The lowest BCUT2D eigenvalue weighted by Crippen LogP contribution is -2.55. The lowest BCUT2D eigenvalue weighted by molar-refractivity contribution is -0.889. The van der Waals surface area contributed by atoms with Crippen LogP contribution in [0, 0.1) is 0 Å². The largest absolute Gasteiger partial charge is 0.544 e. The summed E-state index contributed by atoms with van der Waals surface area (Å²) < 4.78 is 17.1. The number of allylic oxidation sites excluding steroid dienone is 12. The van der Waals surface area contributed by atoms with Crippen molar-refractivity contribution in [2.75, 3.05) is 41.0 Å². The smallest absolute Gasteiger partial charge is 0.306 e. The van der Waals surface area contributed by atoms with Crippen LogP contribution in [0.1, 0.15) is 174 Å². The van der Waals surface area contributed by atoms with E-state index in [1.165, 1.54) is 57.8 Å². The Morgan fingerprint density at radius 2 is 0.966 bits per heavy atom. The molecule has 2 atom stereocenters. The highest BCUT2D eigenvalue weighted by molar-refractivity contribution is 5.70. The Labute approximate surface area is 355 Å². The Bertz CT molecular complexity index is 1180. The predicted octanol–water partition coefficient (Wildman–Crippen LogP) is 11.4. The number of hydrogen-bond donors (Lipinski definition) is 0. The lowest BCUT2D eigenvalue weighted by atomic mass is 10.0. The van der Waals surface area contributed by atoms with Gasteiger partial charge in [-0.3, -0.25) is 9.59 Å². The van der Waals surface area contributed by atoms with Gasteiger partial charge in [0, 0.05) is 19.3 Å². The molecular weight excluding hydrogens is 727 g/mol. The Morgan fingerprint density at radius 3 is 1.43 bits per heavy atom. The van der Waals surface area contributed by atoms with Crippen molar-refractivity contribution in [3.05, 3.63) is 72.9 Å². The molecule has 0 aromatic rings. The Hall–Kier alpha value is -3.23. The number of carbonyl (C=O) groups is 3. The maximum Gasteiger partial charge on any atom is 0.306 e. The molecule has 0 bridgehead atoms. The lowest BCUT2D eigenvalue weighted by Gasteiger charge is -2.34. The van der Waals surface area contributed by atoms with Gasteiger partial charge in [0.15, 0.2) is 6.10 Å². The molecule has 0 N–H and O–H groups in total. The van der Waals surface area contributed by atoms with Gasteiger partial charge in [-0.25, -0.2) is 0 Å². The minimum absolute atomic E-state index is 0.0281. The number of nitrogens with zero attached hydrogens (tertiary/aromatic N) is 1. The molecule has 0 aliphatic rings. The highest BCUT2D eigenvalue weighted by Gasteiger charge is 2.25. The Kier molecular flexibility index (Phi) is 38.3. The fraction of sp³-hybridized carbons (Fsp3) is 0.700. The van der Waals surface area contributed by atoms with Gasteiger partial charge in [0.05, 0.1) is 40.3 Å². The van der Waals surface area contributed by atoms with Gasteiger partial charge in [-0.15, -0.1) is 0 Å². The summed E-state index contributed by atoms with van der Waals surface area (Å²) in [4.78, 5) is 36.9. The summed E-state index contributed by atoms with van der Waals surface area (Å²) in [5, 5.41) is 11.6. The number of aliphatic carboxylic acids is 1. The highest BCUT2D eigenvalue weighted by atomic mass is 16.6. The molecule has 0 aromatic carbocycles. The van der Waals surface area contributed by atoms with Crippen molar-refractivity contribution in [3.8, 4) is 0 Å². The van der Waals surface area contributed by atoms with E-state index < -0.39 is 18.1 Å². The van der Waals surface area contributed by atoms with E-state index in [0.717, 1.165) is 83.5 Å². The number of ether oxygens (including phenoxy) is 3. The SMILES string of the molecule is CC/C=C/C/C=C/C/C=C/C/C=C/C/C=C/C/C=C/CCCCCC(=O)OCC(COCCC(C(=O)[O-])[N+](C)(C)C)OC(=O)CCCCCCCCCCCCCC. The van der Waals surface area contributed by atoms with Gasteiger partial charge >= 0.3 is 11.9 Å². The van der Waals surface area contributed by atoms with E-state index in [1.807, 2.05) is 0 Å². The molecule has 332 valence electrons. The number of carboxylic acid groups (broad SMARTS) is 1. The zero-order valence-corrected chi connectivity index (χ0v) is 37.7. The molecule has 0 saturated heterocycles. The average molecular weight is 812 g/mol. The van der Waals surface area contributed by atoms with E-state index in [1.54, 1.807) is 21.1 Å². The molecule has 0 spiro atoms. The van der Waals surface area contributed by atoms with Crippen molar-refractivity contribution >= 4 is 17.9 Å². The number of quaternary nitrogens is 1. The number of carboxylic acids is 1. The third kappa shape index (κ3) is 38.3. The Balaban J connectivity index is 4.36. The molecule has 0 aliphatic carbocycles. The van der Waals surface area contributed by atoms with Gasteiger partial charge in [0.2, 0.25) is 0 Å². The van der Waals surface area contributed by atoms with Crippen molar-refractivity contribution in [2.24, 2.45) is 0 Å². The van der Waals surface area contributed by atoms with Crippen molar-refractivity contribution in [3.63, 3.8) is 0 Å². The first-order valence-corrected chi connectivity index (χ1v) is 23.0. The van der Waals surface area contributed by atoms with Gasteiger partial charge in [-0.1, -0.05) is 164 Å². The molecule has 0 fully saturated rings. The fourth-order valence-corrected chi connectivity index (χ4v) is 6.31. The predicted molar refractivity (Wildman–Crippen MR) is 240 cm³/mol. The van der Waals surface area contributed by atoms with E-state index in [2.05, 4.69) is 86.8 Å². The summed E-state index contributed by atoms with van der Waals surface area (Å²) >= 11 is 0. The number of rotatable bonds is 40. The van der Waals surface area contributed by atoms with Crippen LogP contribution in [0.15, 0.2) is 72.9 Å². The van der Waals surface area contributed by atoms with Gasteiger partial charge in [-0.05, 0) is 64.2 Å². The topological polar surface area (TPSA) is 102 Å². The zero-order chi connectivity index (χ0) is 42.8. The van der Waals surface area contributed by atoms with E-state index in [0.29, 0.717) is 12.8 Å². The zero-order valence-electron chi connectivity index (χ0n) is 37.7. The van der Waals surface area contributed by atoms with Crippen molar-refractivity contribution < 1.29 is 38.2 Å². The molecule has 58 heavy (non-hydrogen) atoms. The monoisotopic (exact) mass is 812 g/mol. The molecule has 8 heteroatoms. The fourth-order valence-electron chi connectivity index (χ4n) is 6.31. The van der Waals surface area contributed by atoms with E-state index in [-0.39, 0.29) is 42.7 Å². The molecule has 0 amide bonds. The second-order valence-electron chi connectivity index (χ2n) is 16.3. The quantitative estimate of drug-likeness (QED) is 0.0263. The number of likely N-dealkylation sites (N-methyl/N-ethyl adjacent to an activating group) is 1. The van der Waals surface area contributed by atoms with E-state index in [4.69, 9.17) is 14.2 Å². The van der Waals surface area contributed by atoms with Crippen LogP contribution in [0.2, 0.25) is 0 Å². The first-order chi connectivity index (χ1) is 28.1. The third-order valence-corrected chi connectivity index (χ3v) is 9.86. The summed E-state index contributed by atoms with van der Waals surface area (Å²) in [6.07, 6.45) is 50.7. The van der Waals surface area contributed by atoms with Crippen LogP contribution in [0.4, 0.5) is 0 Å². The standard InChI is InChI=1S/C50H85NO7/c1-6-8-10-12-14-16-18-20-21-22-23-24-25-26-27-28-29-31-32-34-36-38-40-48(52)57-45-46(44-56-43-42-47(50(54)55)51(3,4)5)58-49(53)41-39-37-35-33-30-19-17-15-13-11-9-7-2/h8,10,14,16,20-21,23-24,26-27,29,31,46-47H,6-7,9,11-13,15,17-19,22,25,28,30,32-45H2,1-5H3/b10-8+,16-14+,21-20+,24-23+,27-26+,31-29+. The van der Waals surface area contributed by atoms with Crippen LogP contribution in [-0.2, 0) is 28.6 Å². The number of esters is 2. The third-order valence-electron chi connectivity index (χ3n) is 9.86. The molecular formula is C50H85NO7. The van der Waals surface area contributed by atoms with E-state index in [9.17, 15) is 19.5 Å². The van der Waals surface area contributed by atoms with Crippen LogP contribution in [0.25, 0.3) is 0 Å². The molecule has 0 saturated carbocycles. The minimum atomic E-state index is -1.13. The number of unbranched alkanes of at least 4 members (excludes halogenated alkanes) is 14. The maximum atomic E-state index is 12.7. The summed E-state index contributed by atoms with van der Waals surface area (Å²) in [5.74, 6) is -1.78. The molecule has 2 unspecified atom stereocenters. The van der Waals surface area contributed by atoms with Crippen LogP contribution in [0.5, 0.6) is 0 Å². The minimum Gasteiger partial charge on any atom is -0.544 e. The highest BCUT2D eigenvalue weighted by Crippen LogP contribution is 2.14. The average Bonchev–Trinajstić information content (AvgIpc) is 3.18. The van der Waals surface area contributed by atoms with Gasteiger partial charge in [0.1, 0.15) is 12.6 Å². The summed E-state index contributed by atoms with van der Waals surface area (Å²) in [6.45, 7) is 4.50. The van der Waals surface area contributed by atoms with Crippen LogP contribution < -0.4 is 5.11 Å². The van der Waals surface area contributed by atoms with Crippen LogP contribution in [0.3, 0.4) is 0 Å². The van der Waals surface area contributed by atoms with Crippen LogP contribution >= 0.6 is 0 Å². The first kappa shape index (κ1) is 54.8.